The van der Waals surface area contributed by atoms with Crippen LogP contribution in [-0.2, 0) is 0 Å². The lowest BCUT2D eigenvalue weighted by Gasteiger charge is -2.06. The Kier molecular flexibility index (Phi) is 2.85. The fourth-order valence-electron chi connectivity index (χ4n) is 1.48. The molecule has 1 aromatic heterocycles. The number of Topliss-reactive ketones (excluding diaryl/α,β-unsaturated/α-hetero) is 1. The molecular formula is C11H9ClFN3O. The number of carbonyl (C=O) groups is 1. The largest absolute Gasteiger partial charge is 0.383 e. The number of nitrogens with zero attached hydrogens (tertiary/aromatic N) is 2. The summed E-state index contributed by atoms with van der Waals surface area (Å²) in [7, 11) is 0. The minimum atomic E-state index is -0.626. The smallest absolute Gasteiger partial charge is 0.167 e. The number of halogens is 2. The number of nitrogens with two attached hydrogens (primary N) is 1. The molecular weight excluding hydrogens is 245 g/mol. The second-order valence-electron chi connectivity index (χ2n) is 3.48. The standard InChI is InChI=1S/C11H9ClFN3O/c1-6(17)7-5-15-16(11(7)14)9-4-2-3-8(12)10(9)13/h2-5H,14H2,1H3. The van der Waals surface area contributed by atoms with Gasteiger partial charge in [-0.2, -0.15) is 5.10 Å². The number of anilines is 1. The Bertz CT molecular complexity index is 594. The topological polar surface area (TPSA) is 60.9 Å². The van der Waals surface area contributed by atoms with Crippen LogP contribution in [0.5, 0.6) is 0 Å². The van der Waals surface area contributed by atoms with Crippen LogP contribution in [0, 0.1) is 5.82 Å². The first-order valence-electron chi connectivity index (χ1n) is 4.81. The molecule has 0 amide bonds. The molecule has 1 heterocycles. The molecule has 2 N–H and O–H groups in total. The Balaban J connectivity index is 2.62. The van der Waals surface area contributed by atoms with Gasteiger partial charge in [-0.25, -0.2) is 9.07 Å². The van der Waals surface area contributed by atoms with Gasteiger partial charge in [-0.05, 0) is 19.1 Å². The zero-order chi connectivity index (χ0) is 12.6. The average Bonchev–Trinajstić information content (AvgIpc) is 2.64. The van der Waals surface area contributed by atoms with Crippen LogP contribution in [0.1, 0.15) is 17.3 Å². The second-order valence-corrected chi connectivity index (χ2v) is 3.89. The first kappa shape index (κ1) is 11.6. The van der Waals surface area contributed by atoms with Crippen molar-refractivity contribution in [2.24, 2.45) is 0 Å². The summed E-state index contributed by atoms with van der Waals surface area (Å²) < 4.78 is 14.9. The first-order valence-corrected chi connectivity index (χ1v) is 5.19. The minimum absolute atomic E-state index is 0.0261. The Morgan fingerprint density at radius 1 is 1.53 bits per heavy atom. The van der Waals surface area contributed by atoms with Gasteiger partial charge in [-0.15, -0.1) is 0 Å². The SMILES string of the molecule is CC(=O)c1cnn(-c2cccc(Cl)c2F)c1N. The number of aromatic nitrogens is 2. The summed E-state index contributed by atoms with van der Waals surface area (Å²) in [6, 6.07) is 4.48. The van der Waals surface area contributed by atoms with Gasteiger partial charge in [-0.1, -0.05) is 17.7 Å². The van der Waals surface area contributed by atoms with Crippen LogP contribution in [0.15, 0.2) is 24.4 Å². The van der Waals surface area contributed by atoms with E-state index in [2.05, 4.69) is 5.10 Å². The van der Waals surface area contributed by atoms with Crippen LogP contribution in [-0.4, -0.2) is 15.6 Å². The number of hydrogen-bond acceptors (Lipinski definition) is 3. The third kappa shape index (κ3) is 1.89. The van der Waals surface area contributed by atoms with Crippen LogP contribution < -0.4 is 5.73 Å². The maximum atomic E-state index is 13.7. The van der Waals surface area contributed by atoms with Gasteiger partial charge in [0.1, 0.15) is 11.5 Å². The summed E-state index contributed by atoms with van der Waals surface area (Å²) in [5.41, 5.74) is 6.09. The molecule has 0 atom stereocenters. The lowest BCUT2D eigenvalue weighted by molar-refractivity contribution is 0.101. The van der Waals surface area contributed by atoms with E-state index in [1.54, 1.807) is 6.07 Å². The lowest BCUT2D eigenvalue weighted by Crippen LogP contribution is -2.06. The van der Waals surface area contributed by atoms with Crippen molar-refractivity contribution < 1.29 is 9.18 Å². The fraction of sp³-hybridized carbons (Fsp3) is 0.0909. The van der Waals surface area contributed by atoms with Gasteiger partial charge in [0.05, 0.1) is 16.8 Å². The molecule has 0 unspecified atom stereocenters. The molecule has 4 nitrogen and oxygen atoms in total. The molecule has 0 aliphatic rings. The van der Waals surface area contributed by atoms with Crippen molar-refractivity contribution in [1.82, 2.24) is 9.78 Å². The van der Waals surface area contributed by atoms with Crippen molar-refractivity contribution >= 4 is 23.2 Å². The molecule has 0 aliphatic heterocycles. The molecule has 0 saturated heterocycles. The molecule has 17 heavy (non-hydrogen) atoms. The summed E-state index contributed by atoms with van der Waals surface area (Å²) in [6.45, 7) is 1.37. The molecule has 0 bridgehead atoms. The van der Waals surface area contributed by atoms with Crippen molar-refractivity contribution in [2.45, 2.75) is 6.92 Å². The highest BCUT2D eigenvalue weighted by Gasteiger charge is 2.16. The van der Waals surface area contributed by atoms with Crippen LogP contribution in [0.2, 0.25) is 5.02 Å². The second kappa shape index (κ2) is 4.18. The van der Waals surface area contributed by atoms with Crippen LogP contribution in [0.3, 0.4) is 0 Å². The molecule has 2 aromatic rings. The van der Waals surface area contributed by atoms with Gasteiger partial charge in [-0.3, -0.25) is 4.79 Å². The summed E-state index contributed by atoms with van der Waals surface area (Å²) >= 11 is 5.66. The molecule has 0 saturated carbocycles. The van der Waals surface area contributed by atoms with Crippen LogP contribution in [0.4, 0.5) is 10.2 Å². The maximum Gasteiger partial charge on any atom is 0.167 e. The van der Waals surface area contributed by atoms with Crippen molar-refractivity contribution in [3.8, 4) is 5.69 Å². The monoisotopic (exact) mass is 253 g/mol. The average molecular weight is 254 g/mol. The van der Waals surface area contributed by atoms with Crippen molar-refractivity contribution in [3.63, 3.8) is 0 Å². The van der Waals surface area contributed by atoms with E-state index in [0.29, 0.717) is 0 Å². The van der Waals surface area contributed by atoms with Gasteiger partial charge in [0.15, 0.2) is 11.6 Å². The number of ketones is 1. The summed E-state index contributed by atoms with van der Waals surface area (Å²) in [4.78, 5) is 11.2. The highest BCUT2D eigenvalue weighted by molar-refractivity contribution is 6.30. The molecule has 0 spiro atoms. The zero-order valence-electron chi connectivity index (χ0n) is 8.95. The minimum Gasteiger partial charge on any atom is -0.383 e. The van der Waals surface area contributed by atoms with Crippen LogP contribution >= 0.6 is 11.6 Å². The number of carbonyl (C=O) groups excluding carboxylic acids is 1. The van der Waals surface area contributed by atoms with Gasteiger partial charge >= 0.3 is 0 Å². The van der Waals surface area contributed by atoms with E-state index in [9.17, 15) is 9.18 Å². The van der Waals surface area contributed by atoms with E-state index >= 15 is 0 Å². The third-order valence-corrected chi connectivity index (χ3v) is 2.64. The highest BCUT2D eigenvalue weighted by atomic mass is 35.5. The molecule has 0 fully saturated rings. The molecule has 2 rings (SSSR count). The molecule has 1 aromatic carbocycles. The van der Waals surface area contributed by atoms with Crippen molar-refractivity contribution in [1.29, 1.82) is 0 Å². The zero-order valence-corrected chi connectivity index (χ0v) is 9.70. The number of rotatable bonds is 2. The summed E-state index contributed by atoms with van der Waals surface area (Å²) in [5, 5.41) is 3.86. The van der Waals surface area contributed by atoms with E-state index in [0.717, 1.165) is 4.68 Å². The van der Waals surface area contributed by atoms with E-state index < -0.39 is 5.82 Å². The molecule has 6 heteroatoms. The van der Waals surface area contributed by atoms with Gasteiger partial charge < -0.3 is 5.73 Å². The van der Waals surface area contributed by atoms with E-state index in [-0.39, 0.29) is 27.9 Å². The Morgan fingerprint density at radius 2 is 2.24 bits per heavy atom. The van der Waals surface area contributed by atoms with Crippen molar-refractivity contribution in [2.75, 3.05) is 5.73 Å². The molecule has 88 valence electrons. The van der Waals surface area contributed by atoms with Crippen LogP contribution in [0.25, 0.3) is 5.69 Å². The molecule has 0 radical (unpaired) electrons. The molecule has 0 aliphatic carbocycles. The summed E-state index contributed by atoms with van der Waals surface area (Å²) in [6.07, 6.45) is 1.30. The number of nitrogen functional groups attached to an aromatic ring is 1. The quantitative estimate of drug-likeness (QED) is 0.837. The van der Waals surface area contributed by atoms with Gasteiger partial charge in [0, 0.05) is 0 Å². The maximum absolute atomic E-state index is 13.7. The van der Waals surface area contributed by atoms with E-state index in [1.807, 2.05) is 0 Å². The van der Waals surface area contributed by atoms with E-state index in [4.69, 9.17) is 17.3 Å². The highest BCUT2D eigenvalue weighted by Crippen LogP contribution is 2.24. The predicted molar refractivity (Wildman–Crippen MR) is 62.9 cm³/mol. The Labute approximate surface area is 102 Å². The van der Waals surface area contributed by atoms with Crippen molar-refractivity contribution in [3.05, 3.63) is 40.8 Å². The number of benzene rings is 1. The van der Waals surface area contributed by atoms with Gasteiger partial charge in [0.25, 0.3) is 0 Å². The Morgan fingerprint density at radius 3 is 2.82 bits per heavy atom. The predicted octanol–water partition coefficient (Wildman–Crippen LogP) is 2.45. The van der Waals surface area contributed by atoms with Gasteiger partial charge in [0.2, 0.25) is 0 Å². The first-order chi connectivity index (χ1) is 8.02. The third-order valence-electron chi connectivity index (χ3n) is 2.35. The number of hydrogen-bond donors (Lipinski definition) is 1. The summed E-state index contributed by atoms with van der Waals surface area (Å²) in [5.74, 6) is -0.756. The lowest BCUT2D eigenvalue weighted by atomic mass is 10.2. The Hall–Kier alpha value is -1.88. The normalized spacial score (nSPS) is 10.5. The fourth-order valence-corrected chi connectivity index (χ4v) is 1.65. The van der Waals surface area contributed by atoms with E-state index in [1.165, 1.54) is 25.3 Å².